The maximum Gasteiger partial charge on any atom is 0.167 e. The van der Waals surface area contributed by atoms with E-state index in [-0.39, 0.29) is 0 Å². The van der Waals surface area contributed by atoms with Crippen LogP contribution in [-0.2, 0) is 0 Å². The zero-order chi connectivity index (χ0) is 37.0. The summed E-state index contributed by atoms with van der Waals surface area (Å²) < 4.78 is 13.1. The van der Waals surface area contributed by atoms with Gasteiger partial charge in [0, 0.05) is 32.7 Å². The van der Waals surface area contributed by atoms with E-state index in [1.54, 1.807) is 0 Å². The van der Waals surface area contributed by atoms with Crippen molar-refractivity contribution in [2.24, 2.45) is 0 Å². The minimum atomic E-state index is 0.550. The molecule has 3 heterocycles. The van der Waals surface area contributed by atoms with Crippen molar-refractivity contribution in [3.8, 4) is 67.5 Å². The minimum absolute atomic E-state index is 0.550. The van der Waals surface area contributed by atoms with Gasteiger partial charge in [0.05, 0.1) is 5.56 Å². The second kappa shape index (κ2) is 13.0. The fraction of sp³-hybridized carbons (Fsp3) is 0. The molecular formula is C51H31N3O2. The molecule has 0 atom stereocenters. The highest BCUT2D eigenvalue weighted by Crippen LogP contribution is 2.42. The van der Waals surface area contributed by atoms with Crippen LogP contribution >= 0.6 is 0 Å². The topological polar surface area (TPSA) is 65.0 Å². The van der Waals surface area contributed by atoms with Crippen LogP contribution in [0, 0.1) is 0 Å². The highest BCUT2D eigenvalue weighted by atomic mass is 16.3. The van der Waals surface area contributed by atoms with Crippen LogP contribution in [0.15, 0.2) is 197 Å². The van der Waals surface area contributed by atoms with Crippen molar-refractivity contribution in [1.29, 1.82) is 0 Å². The van der Waals surface area contributed by atoms with Gasteiger partial charge >= 0.3 is 0 Å². The Morgan fingerprint density at radius 2 is 0.839 bits per heavy atom. The van der Waals surface area contributed by atoms with E-state index in [1.165, 1.54) is 0 Å². The van der Waals surface area contributed by atoms with Crippen LogP contribution in [0.4, 0.5) is 0 Å². The Bertz CT molecular complexity index is 3220. The smallest absolute Gasteiger partial charge is 0.167 e. The zero-order valence-electron chi connectivity index (χ0n) is 30.1. The molecule has 0 N–H and O–H groups in total. The maximum absolute atomic E-state index is 6.67. The van der Waals surface area contributed by atoms with Crippen molar-refractivity contribution in [1.82, 2.24) is 15.0 Å². The first-order valence-electron chi connectivity index (χ1n) is 18.7. The van der Waals surface area contributed by atoms with Gasteiger partial charge in [-0.15, -0.1) is 0 Å². The molecule has 5 nitrogen and oxygen atoms in total. The number of aromatic nitrogens is 3. The van der Waals surface area contributed by atoms with Gasteiger partial charge in [0.15, 0.2) is 17.5 Å². The molecule has 0 saturated carbocycles. The molecule has 262 valence electrons. The first kappa shape index (κ1) is 31.9. The lowest BCUT2D eigenvalue weighted by molar-refractivity contribution is 0.669. The molecule has 0 unspecified atom stereocenters. The number of hydrogen-bond donors (Lipinski definition) is 0. The summed E-state index contributed by atoms with van der Waals surface area (Å²) >= 11 is 0. The number of para-hydroxylation sites is 2. The molecular weight excluding hydrogens is 687 g/mol. The average Bonchev–Trinajstić information content (AvgIpc) is 3.85. The SMILES string of the molecule is c1ccc(-c2ccc(-c3nc(-c4ccccc4)nc(-c4cccc5c4oc4ccc(-c6cc(-c7ccccc7)c7c(c6)oc6ccccc67)cc45)n3)cc2)cc1. The highest BCUT2D eigenvalue weighted by molar-refractivity contribution is 6.14. The van der Waals surface area contributed by atoms with E-state index in [4.69, 9.17) is 23.8 Å². The average molecular weight is 718 g/mol. The van der Waals surface area contributed by atoms with Crippen molar-refractivity contribution >= 4 is 43.9 Å². The Kier molecular flexibility index (Phi) is 7.42. The molecule has 0 amide bonds. The van der Waals surface area contributed by atoms with Crippen LogP contribution in [0.3, 0.4) is 0 Å². The first-order chi connectivity index (χ1) is 27.7. The Morgan fingerprint density at radius 3 is 1.59 bits per heavy atom. The molecule has 0 aliphatic heterocycles. The van der Waals surface area contributed by atoms with Crippen LogP contribution < -0.4 is 0 Å². The van der Waals surface area contributed by atoms with Gasteiger partial charge in [-0.1, -0.05) is 152 Å². The quantitative estimate of drug-likeness (QED) is 0.171. The minimum Gasteiger partial charge on any atom is -0.456 e. The van der Waals surface area contributed by atoms with E-state index in [1.807, 2.05) is 66.7 Å². The van der Waals surface area contributed by atoms with E-state index in [0.717, 1.165) is 93.9 Å². The van der Waals surface area contributed by atoms with Gasteiger partial charge in [0.1, 0.15) is 22.3 Å². The molecule has 5 heteroatoms. The lowest BCUT2D eigenvalue weighted by atomic mass is 9.94. The lowest BCUT2D eigenvalue weighted by Gasteiger charge is -2.09. The van der Waals surface area contributed by atoms with E-state index < -0.39 is 0 Å². The summed E-state index contributed by atoms with van der Waals surface area (Å²) in [6, 6.07) is 64.6. The normalized spacial score (nSPS) is 11.6. The number of hydrogen-bond acceptors (Lipinski definition) is 5. The molecule has 0 spiro atoms. The number of nitrogens with zero attached hydrogens (tertiary/aromatic N) is 3. The molecule has 0 saturated heterocycles. The Labute approximate surface area is 322 Å². The fourth-order valence-corrected chi connectivity index (χ4v) is 7.80. The highest BCUT2D eigenvalue weighted by Gasteiger charge is 2.20. The first-order valence-corrected chi connectivity index (χ1v) is 18.7. The van der Waals surface area contributed by atoms with Crippen LogP contribution in [0.1, 0.15) is 0 Å². The van der Waals surface area contributed by atoms with E-state index in [9.17, 15) is 0 Å². The molecule has 11 aromatic rings. The van der Waals surface area contributed by atoms with Gasteiger partial charge in [-0.25, -0.2) is 15.0 Å². The molecule has 0 bridgehead atoms. The zero-order valence-corrected chi connectivity index (χ0v) is 30.1. The summed E-state index contributed by atoms with van der Waals surface area (Å²) in [6.07, 6.45) is 0. The van der Waals surface area contributed by atoms with Gasteiger partial charge in [-0.2, -0.15) is 0 Å². The number of rotatable bonds is 6. The van der Waals surface area contributed by atoms with Gasteiger partial charge in [-0.05, 0) is 69.8 Å². The second-order valence-corrected chi connectivity index (χ2v) is 14.0. The largest absolute Gasteiger partial charge is 0.456 e. The Morgan fingerprint density at radius 1 is 0.286 bits per heavy atom. The number of furan rings is 2. The summed E-state index contributed by atoms with van der Waals surface area (Å²) in [5.41, 5.74) is 12.6. The Balaban J connectivity index is 1.05. The fourth-order valence-electron chi connectivity index (χ4n) is 7.80. The van der Waals surface area contributed by atoms with Gasteiger partial charge in [0.25, 0.3) is 0 Å². The molecule has 56 heavy (non-hydrogen) atoms. The third kappa shape index (κ3) is 5.45. The molecule has 3 aromatic heterocycles. The third-order valence-corrected chi connectivity index (χ3v) is 10.6. The van der Waals surface area contributed by atoms with Crippen molar-refractivity contribution in [2.75, 3.05) is 0 Å². The van der Waals surface area contributed by atoms with Crippen LogP contribution in [0.2, 0.25) is 0 Å². The molecule has 0 aliphatic rings. The van der Waals surface area contributed by atoms with E-state index >= 15 is 0 Å². The van der Waals surface area contributed by atoms with Crippen LogP contribution in [0.5, 0.6) is 0 Å². The lowest BCUT2D eigenvalue weighted by Crippen LogP contribution is -2.00. The maximum atomic E-state index is 6.67. The molecule has 8 aromatic carbocycles. The Hall–Kier alpha value is -7.63. The number of benzene rings is 8. The molecule has 11 rings (SSSR count). The molecule has 0 aliphatic carbocycles. The predicted molar refractivity (Wildman–Crippen MR) is 227 cm³/mol. The number of fused-ring (bicyclic) bond motifs is 6. The third-order valence-electron chi connectivity index (χ3n) is 10.6. The van der Waals surface area contributed by atoms with Crippen molar-refractivity contribution < 1.29 is 8.83 Å². The van der Waals surface area contributed by atoms with Crippen LogP contribution in [-0.4, -0.2) is 15.0 Å². The monoisotopic (exact) mass is 717 g/mol. The molecule has 0 fully saturated rings. The van der Waals surface area contributed by atoms with Crippen molar-refractivity contribution in [3.63, 3.8) is 0 Å². The summed E-state index contributed by atoms with van der Waals surface area (Å²) in [5.74, 6) is 1.75. The van der Waals surface area contributed by atoms with Gasteiger partial charge < -0.3 is 8.83 Å². The molecule has 0 radical (unpaired) electrons. The van der Waals surface area contributed by atoms with Crippen LogP contribution in [0.25, 0.3) is 111 Å². The van der Waals surface area contributed by atoms with Gasteiger partial charge in [0.2, 0.25) is 0 Å². The summed E-state index contributed by atoms with van der Waals surface area (Å²) in [4.78, 5) is 15.1. The summed E-state index contributed by atoms with van der Waals surface area (Å²) in [5, 5.41) is 4.23. The standard InChI is InChI=1S/C51H31N3O2/c1-4-13-32(14-5-1)33-23-25-36(26-24-33)50-52-49(35-17-8-3-9-18-35)53-51(54-50)41-21-12-20-39-43-29-37(27-28-45(43)56-48(39)41)38-30-42(34-15-6-2-7-16-34)47-40-19-10-11-22-44(40)55-46(47)31-38/h1-31H. The van der Waals surface area contributed by atoms with E-state index in [2.05, 4.69) is 121 Å². The summed E-state index contributed by atoms with van der Waals surface area (Å²) in [7, 11) is 0. The van der Waals surface area contributed by atoms with Gasteiger partial charge in [-0.3, -0.25) is 0 Å². The second-order valence-electron chi connectivity index (χ2n) is 14.0. The summed E-state index contributed by atoms with van der Waals surface area (Å²) in [6.45, 7) is 0. The van der Waals surface area contributed by atoms with Crippen molar-refractivity contribution in [2.45, 2.75) is 0 Å². The van der Waals surface area contributed by atoms with Crippen molar-refractivity contribution in [3.05, 3.63) is 188 Å². The predicted octanol–water partition coefficient (Wildman–Crippen LogP) is 13.7. The van der Waals surface area contributed by atoms with E-state index in [0.29, 0.717) is 17.5 Å².